The highest BCUT2D eigenvalue weighted by atomic mass is 32.3. The fraction of sp³-hybridized carbons (Fsp3) is 0.833. The molecule has 5 heteroatoms. The third-order valence-corrected chi connectivity index (χ3v) is 5.28. The molecule has 2 N–H and O–H groups in total. The van der Waals surface area contributed by atoms with Gasteiger partial charge in [-0.1, -0.05) is 97.4 Å². The summed E-state index contributed by atoms with van der Waals surface area (Å²) in [6.07, 6.45) is 18.1. The molecule has 0 saturated carbocycles. The summed E-state index contributed by atoms with van der Waals surface area (Å²) in [5.41, 5.74) is 3.63. The number of unbranched alkanes of at least 4 members (excludes halogenated alkanes) is 3. The molecular weight excluding hydrogens is 384 g/mol. The number of rotatable bonds is 13. The van der Waals surface area contributed by atoms with Gasteiger partial charge in [0.05, 0.1) is 0 Å². The van der Waals surface area contributed by atoms with Crippen molar-refractivity contribution in [3.63, 3.8) is 0 Å². The maximum atomic E-state index is 8.74. The van der Waals surface area contributed by atoms with Gasteiger partial charge in [-0.05, 0) is 57.3 Å². The van der Waals surface area contributed by atoms with Crippen LogP contribution in [0.5, 0.6) is 0 Å². The van der Waals surface area contributed by atoms with Gasteiger partial charge < -0.3 is 0 Å². The summed E-state index contributed by atoms with van der Waals surface area (Å²) in [6, 6.07) is 0. The maximum Gasteiger partial charge on any atom is 0.394 e. The van der Waals surface area contributed by atoms with Crippen LogP contribution in [0.1, 0.15) is 126 Å². The average molecular weight is 435 g/mol. The summed E-state index contributed by atoms with van der Waals surface area (Å²) < 4.78 is 31.6. The van der Waals surface area contributed by atoms with Crippen LogP contribution in [0.25, 0.3) is 0 Å². The highest BCUT2D eigenvalue weighted by Gasteiger charge is 2.22. The van der Waals surface area contributed by atoms with Gasteiger partial charge >= 0.3 is 10.4 Å². The monoisotopic (exact) mass is 434 g/mol. The lowest BCUT2D eigenvalue weighted by molar-refractivity contribution is 0.270. The van der Waals surface area contributed by atoms with Crippen LogP contribution < -0.4 is 0 Å². The molecule has 1 unspecified atom stereocenters. The van der Waals surface area contributed by atoms with Gasteiger partial charge in [-0.25, -0.2) is 0 Å². The molecule has 0 spiro atoms. The van der Waals surface area contributed by atoms with Gasteiger partial charge in [-0.15, -0.1) is 0 Å². The Bertz CT molecular complexity index is 501. The third kappa shape index (κ3) is 29.6. The Kier molecular flexibility index (Phi) is 23.5. The first-order chi connectivity index (χ1) is 13.4. The summed E-state index contributed by atoms with van der Waals surface area (Å²) in [7, 11) is -4.67. The van der Waals surface area contributed by atoms with E-state index < -0.39 is 10.4 Å². The molecule has 0 aromatic heterocycles. The van der Waals surface area contributed by atoms with Crippen molar-refractivity contribution in [1.29, 1.82) is 0 Å². The van der Waals surface area contributed by atoms with Crippen molar-refractivity contribution in [3.05, 3.63) is 23.8 Å². The minimum Gasteiger partial charge on any atom is -0.264 e. The van der Waals surface area contributed by atoms with Crippen LogP contribution in [-0.4, -0.2) is 17.5 Å². The Morgan fingerprint density at radius 2 is 1.38 bits per heavy atom. The second kappa shape index (κ2) is 20.6. The van der Waals surface area contributed by atoms with Crippen LogP contribution in [0, 0.1) is 5.41 Å². The van der Waals surface area contributed by atoms with E-state index >= 15 is 0 Å². The van der Waals surface area contributed by atoms with Gasteiger partial charge in [0.1, 0.15) is 0 Å². The molecule has 0 aliphatic rings. The van der Waals surface area contributed by atoms with E-state index in [9.17, 15) is 0 Å². The molecule has 0 aromatic rings. The smallest absolute Gasteiger partial charge is 0.264 e. The molecule has 0 radical (unpaired) electrons. The van der Waals surface area contributed by atoms with Crippen molar-refractivity contribution >= 4 is 10.4 Å². The van der Waals surface area contributed by atoms with Crippen LogP contribution >= 0.6 is 0 Å². The van der Waals surface area contributed by atoms with Crippen LogP contribution in [0.4, 0.5) is 0 Å². The third-order valence-electron chi connectivity index (χ3n) is 5.28. The lowest BCUT2D eigenvalue weighted by Crippen LogP contribution is -2.16. The Morgan fingerprint density at radius 1 is 0.931 bits per heavy atom. The van der Waals surface area contributed by atoms with Crippen molar-refractivity contribution in [1.82, 2.24) is 0 Å². The lowest BCUT2D eigenvalue weighted by Gasteiger charge is -2.29. The van der Waals surface area contributed by atoms with Crippen molar-refractivity contribution < 1.29 is 17.5 Å². The quantitative estimate of drug-likeness (QED) is 0.225. The largest absolute Gasteiger partial charge is 0.394 e. The molecular formula is C24H50O4S. The van der Waals surface area contributed by atoms with Crippen LogP contribution in [0.2, 0.25) is 0 Å². The van der Waals surface area contributed by atoms with E-state index in [2.05, 4.69) is 61.1 Å². The molecule has 4 nitrogen and oxygen atoms in total. The zero-order valence-electron chi connectivity index (χ0n) is 20.4. The van der Waals surface area contributed by atoms with E-state index in [0.717, 1.165) is 6.42 Å². The first-order valence-electron chi connectivity index (χ1n) is 11.4. The van der Waals surface area contributed by atoms with Gasteiger partial charge in [0, 0.05) is 0 Å². The summed E-state index contributed by atoms with van der Waals surface area (Å²) in [5.74, 6) is 0. The molecule has 176 valence electrons. The topological polar surface area (TPSA) is 74.6 Å². The summed E-state index contributed by atoms with van der Waals surface area (Å²) in [6.45, 7) is 19.9. The fourth-order valence-electron chi connectivity index (χ4n) is 2.88. The highest BCUT2D eigenvalue weighted by Crippen LogP contribution is 2.36. The Hall–Kier alpha value is -0.650. The number of allylic oxidation sites excluding steroid dienone is 3. The summed E-state index contributed by atoms with van der Waals surface area (Å²) in [4.78, 5) is 0. The second-order valence-corrected chi connectivity index (χ2v) is 9.05. The summed E-state index contributed by atoms with van der Waals surface area (Å²) >= 11 is 0. The van der Waals surface area contributed by atoms with Gasteiger partial charge in [0.25, 0.3) is 0 Å². The molecule has 0 fully saturated rings. The fourth-order valence-corrected chi connectivity index (χ4v) is 2.88. The predicted octanol–water partition coefficient (Wildman–Crippen LogP) is 8.61. The van der Waals surface area contributed by atoms with E-state index in [-0.39, 0.29) is 0 Å². The van der Waals surface area contributed by atoms with Gasteiger partial charge in [0.15, 0.2) is 0 Å². The summed E-state index contributed by atoms with van der Waals surface area (Å²) in [5, 5.41) is 0. The van der Waals surface area contributed by atoms with E-state index in [1.807, 2.05) is 0 Å². The molecule has 0 rings (SSSR count). The standard InChI is InChI=1S/C16H32.C8H16.H2O4S/c1-6-10-12-15(8-3)14-16(5,9-4)13-11-7-2;1-4-6-7-8(3)5-2;1-5(2,3)4/h8H,6-7,9-14H2,1-5H3;3-7H2,1-2H3;(H2,1,2,3,4). The number of hydrogen-bond donors (Lipinski definition) is 2. The number of hydrogen-bond acceptors (Lipinski definition) is 2. The highest BCUT2D eigenvalue weighted by molar-refractivity contribution is 7.79. The molecule has 0 amide bonds. The minimum atomic E-state index is -4.67. The van der Waals surface area contributed by atoms with Crippen LogP contribution in [0.15, 0.2) is 23.8 Å². The van der Waals surface area contributed by atoms with Gasteiger partial charge in [0.2, 0.25) is 0 Å². The first-order valence-corrected chi connectivity index (χ1v) is 12.8. The van der Waals surface area contributed by atoms with E-state index in [0.29, 0.717) is 5.41 Å². The maximum absolute atomic E-state index is 8.74. The van der Waals surface area contributed by atoms with E-state index in [4.69, 9.17) is 17.5 Å². The molecule has 0 bridgehead atoms. The molecule has 0 heterocycles. The van der Waals surface area contributed by atoms with Crippen LogP contribution in [0.3, 0.4) is 0 Å². The molecule has 0 aliphatic heterocycles. The Labute approximate surface area is 182 Å². The van der Waals surface area contributed by atoms with Crippen molar-refractivity contribution in [3.8, 4) is 0 Å². The molecule has 29 heavy (non-hydrogen) atoms. The normalized spacial score (nSPS) is 13.5. The first kappa shape index (κ1) is 33.0. The average Bonchev–Trinajstić information content (AvgIpc) is 2.66. The van der Waals surface area contributed by atoms with Crippen molar-refractivity contribution in [2.75, 3.05) is 0 Å². The van der Waals surface area contributed by atoms with Gasteiger partial charge in [-0.2, -0.15) is 8.42 Å². The Balaban J connectivity index is -0.000000430. The molecule has 0 aliphatic carbocycles. The second-order valence-electron chi connectivity index (χ2n) is 8.15. The minimum absolute atomic E-state index is 0.547. The van der Waals surface area contributed by atoms with E-state index in [1.54, 1.807) is 5.57 Å². The van der Waals surface area contributed by atoms with Crippen LogP contribution in [-0.2, 0) is 10.4 Å². The Morgan fingerprint density at radius 3 is 1.72 bits per heavy atom. The van der Waals surface area contributed by atoms with Gasteiger partial charge in [-0.3, -0.25) is 9.11 Å². The zero-order valence-corrected chi connectivity index (χ0v) is 21.2. The predicted molar refractivity (Wildman–Crippen MR) is 129 cm³/mol. The van der Waals surface area contributed by atoms with Crippen molar-refractivity contribution in [2.24, 2.45) is 5.41 Å². The lowest BCUT2D eigenvalue weighted by atomic mass is 9.76. The zero-order chi connectivity index (χ0) is 23.3. The molecule has 0 saturated heterocycles. The molecule has 0 aromatic carbocycles. The van der Waals surface area contributed by atoms with Crippen molar-refractivity contribution in [2.45, 2.75) is 126 Å². The van der Waals surface area contributed by atoms with E-state index in [1.165, 1.54) is 76.2 Å². The molecule has 1 atom stereocenters. The SMILES string of the molecule is C=C(CC)CCCC.CC=C(CCCC)CC(C)(CC)CCCC.O=S(=O)(O)O.